The molecular formula is C16H18N3O3+. The molecule has 6 heteroatoms. The van der Waals surface area contributed by atoms with Crippen molar-refractivity contribution in [3.63, 3.8) is 0 Å². The van der Waals surface area contributed by atoms with Gasteiger partial charge >= 0.3 is 0 Å². The predicted octanol–water partition coefficient (Wildman–Crippen LogP) is 0.00520. The minimum atomic E-state index is -0.211. The maximum absolute atomic E-state index is 11.8. The van der Waals surface area contributed by atoms with Crippen LogP contribution in [0, 0.1) is 0 Å². The SMILES string of the molecule is O=C1C[C@H]([NH+]2CCC(c3nc4ccccc4o3)CC2)C(=O)N1. The number of amides is 2. The number of carbonyl (C=O) groups is 2. The molecule has 4 rings (SSSR count). The second-order valence-electron chi connectivity index (χ2n) is 6.12. The number of benzene rings is 1. The van der Waals surface area contributed by atoms with Gasteiger partial charge in [-0.2, -0.15) is 0 Å². The van der Waals surface area contributed by atoms with Crippen molar-refractivity contribution in [1.82, 2.24) is 10.3 Å². The van der Waals surface area contributed by atoms with E-state index in [1.165, 1.54) is 4.90 Å². The average Bonchev–Trinajstić information content (AvgIpc) is 3.10. The van der Waals surface area contributed by atoms with E-state index in [9.17, 15) is 9.59 Å². The fraction of sp³-hybridized carbons (Fsp3) is 0.438. The van der Waals surface area contributed by atoms with Crippen LogP contribution in [0.25, 0.3) is 11.1 Å². The van der Waals surface area contributed by atoms with E-state index < -0.39 is 0 Å². The molecule has 2 amide bonds. The van der Waals surface area contributed by atoms with E-state index in [1.807, 2.05) is 24.3 Å². The van der Waals surface area contributed by atoms with E-state index >= 15 is 0 Å². The molecule has 6 nitrogen and oxygen atoms in total. The van der Waals surface area contributed by atoms with Crippen molar-refractivity contribution in [2.24, 2.45) is 0 Å². The van der Waals surface area contributed by atoms with Crippen LogP contribution in [0.3, 0.4) is 0 Å². The summed E-state index contributed by atoms with van der Waals surface area (Å²) in [5, 5.41) is 2.40. The second kappa shape index (κ2) is 5.21. The zero-order chi connectivity index (χ0) is 15.1. The van der Waals surface area contributed by atoms with Crippen molar-refractivity contribution in [3.05, 3.63) is 30.2 Å². The van der Waals surface area contributed by atoms with Crippen LogP contribution in [0.15, 0.2) is 28.7 Å². The third kappa shape index (κ3) is 2.29. The molecule has 0 saturated carbocycles. The van der Waals surface area contributed by atoms with E-state index in [0.29, 0.717) is 12.3 Å². The van der Waals surface area contributed by atoms with Gasteiger partial charge in [0.2, 0.25) is 5.91 Å². The van der Waals surface area contributed by atoms with Gasteiger partial charge in [0.05, 0.1) is 19.5 Å². The molecule has 2 N–H and O–H groups in total. The van der Waals surface area contributed by atoms with Crippen molar-refractivity contribution < 1.29 is 18.9 Å². The molecule has 1 atom stereocenters. The fourth-order valence-corrected chi connectivity index (χ4v) is 3.53. The van der Waals surface area contributed by atoms with Crippen molar-refractivity contribution >= 4 is 22.9 Å². The second-order valence-corrected chi connectivity index (χ2v) is 6.12. The number of carbonyl (C=O) groups excluding carboxylic acids is 2. The summed E-state index contributed by atoms with van der Waals surface area (Å²) in [5.74, 6) is 0.826. The van der Waals surface area contributed by atoms with Crippen LogP contribution in [-0.4, -0.2) is 35.9 Å². The van der Waals surface area contributed by atoms with Crippen molar-refractivity contribution in [3.8, 4) is 0 Å². The number of imide groups is 1. The Labute approximate surface area is 127 Å². The van der Waals surface area contributed by atoms with Crippen LogP contribution in [0.4, 0.5) is 0 Å². The Balaban J connectivity index is 1.45. The fourth-order valence-electron chi connectivity index (χ4n) is 3.53. The smallest absolute Gasteiger partial charge is 0.285 e. The van der Waals surface area contributed by atoms with Crippen LogP contribution in [-0.2, 0) is 9.59 Å². The Morgan fingerprint density at radius 2 is 1.95 bits per heavy atom. The zero-order valence-electron chi connectivity index (χ0n) is 12.2. The highest BCUT2D eigenvalue weighted by Crippen LogP contribution is 2.27. The first kappa shape index (κ1) is 13.5. The quantitative estimate of drug-likeness (QED) is 0.766. The van der Waals surface area contributed by atoms with E-state index in [2.05, 4.69) is 10.3 Å². The molecule has 2 fully saturated rings. The first-order valence-corrected chi connectivity index (χ1v) is 7.74. The number of hydrogen-bond donors (Lipinski definition) is 2. The number of oxazole rings is 1. The normalized spacial score (nSPS) is 29.0. The summed E-state index contributed by atoms with van der Waals surface area (Å²) in [5.41, 5.74) is 1.72. The Morgan fingerprint density at radius 3 is 2.64 bits per heavy atom. The molecule has 2 aliphatic rings. The summed E-state index contributed by atoms with van der Waals surface area (Å²) in [7, 11) is 0. The lowest BCUT2D eigenvalue weighted by Crippen LogP contribution is -3.17. The summed E-state index contributed by atoms with van der Waals surface area (Å²) < 4.78 is 5.85. The van der Waals surface area contributed by atoms with E-state index in [4.69, 9.17) is 4.42 Å². The lowest BCUT2D eigenvalue weighted by atomic mass is 9.95. The number of likely N-dealkylation sites (tertiary alicyclic amines) is 1. The third-order valence-corrected chi connectivity index (χ3v) is 4.75. The Hall–Kier alpha value is -2.21. The van der Waals surface area contributed by atoms with Gasteiger partial charge in [-0.15, -0.1) is 0 Å². The number of hydrogen-bond acceptors (Lipinski definition) is 4. The predicted molar refractivity (Wildman–Crippen MR) is 78.2 cm³/mol. The molecule has 1 aromatic heterocycles. The molecule has 3 heterocycles. The van der Waals surface area contributed by atoms with Crippen LogP contribution >= 0.6 is 0 Å². The topological polar surface area (TPSA) is 76.6 Å². The summed E-state index contributed by atoms with van der Waals surface area (Å²) in [6, 6.07) is 7.58. The van der Waals surface area contributed by atoms with Gasteiger partial charge in [-0.3, -0.25) is 14.9 Å². The highest BCUT2D eigenvalue weighted by atomic mass is 16.3. The molecule has 22 heavy (non-hydrogen) atoms. The maximum atomic E-state index is 11.8. The number of para-hydroxylation sites is 2. The number of nitrogens with zero attached hydrogens (tertiary/aromatic N) is 1. The first-order valence-electron chi connectivity index (χ1n) is 7.74. The molecule has 0 spiro atoms. The Morgan fingerprint density at radius 1 is 1.18 bits per heavy atom. The first-order chi connectivity index (χ1) is 10.7. The van der Waals surface area contributed by atoms with Crippen molar-refractivity contribution in [2.75, 3.05) is 13.1 Å². The Kier molecular flexibility index (Phi) is 3.18. The summed E-state index contributed by atoms with van der Waals surface area (Å²) in [6.45, 7) is 1.74. The van der Waals surface area contributed by atoms with Gasteiger partial charge in [0, 0.05) is 18.8 Å². The zero-order valence-corrected chi connectivity index (χ0v) is 12.2. The molecule has 114 valence electrons. The molecule has 0 radical (unpaired) electrons. The standard InChI is InChI=1S/C16H17N3O3/c20-14-9-12(15(21)18-14)19-7-5-10(6-8-19)16-17-11-3-1-2-4-13(11)22-16/h1-4,10,12H,5-9H2,(H,18,20,21)/p+1/t12-/m0/s1. The van der Waals surface area contributed by atoms with Crippen LogP contribution in [0.1, 0.15) is 31.1 Å². The van der Waals surface area contributed by atoms with Crippen LogP contribution < -0.4 is 10.2 Å². The van der Waals surface area contributed by atoms with Crippen molar-refractivity contribution in [1.29, 1.82) is 0 Å². The lowest BCUT2D eigenvalue weighted by Gasteiger charge is -2.30. The highest BCUT2D eigenvalue weighted by Gasteiger charge is 2.41. The molecule has 0 aliphatic carbocycles. The minimum Gasteiger partial charge on any atom is -0.440 e. The molecule has 2 saturated heterocycles. The lowest BCUT2D eigenvalue weighted by molar-refractivity contribution is -0.920. The Bertz CT molecular complexity index is 698. The van der Waals surface area contributed by atoms with Crippen molar-refractivity contribution in [2.45, 2.75) is 31.2 Å². The number of quaternary nitrogens is 1. The van der Waals surface area contributed by atoms with Gasteiger partial charge in [0.1, 0.15) is 5.52 Å². The molecular weight excluding hydrogens is 282 g/mol. The van der Waals surface area contributed by atoms with Gasteiger partial charge in [-0.25, -0.2) is 4.98 Å². The van der Waals surface area contributed by atoms with Crippen LogP contribution in [0.5, 0.6) is 0 Å². The van der Waals surface area contributed by atoms with E-state index in [1.54, 1.807) is 0 Å². The summed E-state index contributed by atoms with van der Waals surface area (Å²) in [4.78, 5) is 28.9. The average molecular weight is 300 g/mol. The molecule has 2 aromatic rings. The van der Waals surface area contributed by atoms with E-state index in [0.717, 1.165) is 42.9 Å². The molecule has 2 aliphatic heterocycles. The highest BCUT2D eigenvalue weighted by molar-refractivity contribution is 6.04. The molecule has 1 aromatic carbocycles. The van der Waals surface area contributed by atoms with Gasteiger partial charge < -0.3 is 9.32 Å². The van der Waals surface area contributed by atoms with Gasteiger partial charge in [0.15, 0.2) is 17.5 Å². The number of fused-ring (bicyclic) bond motifs is 1. The third-order valence-electron chi connectivity index (χ3n) is 4.75. The van der Waals surface area contributed by atoms with Gasteiger partial charge in [-0.1, -0.05) is 12.1 Å². The number of piperidine rings is 1. The summed E-state index contributed by atoms with van der Waals surface area (Å²) in [6.07, 6.45) is 2.18. The van der Waals surface area contributed by atoms with Crippen LogP contribution in [0.2, 0.25) is 0 Å². The number of rotatable bonds is 2. The molecule has 0 bridgehead atoms. The van der Waals surface area contributed by atoms with Gasteiger partial charge in [0.25, 0.3) is 5.91 Å². The summed E-state index contributed by atoms with van der Waals surface area (Å²) >= 11 is 0. The maximum Gasteiger partial charge on any atom is 0.285 e. The molecule has 0 unspecified atom stereocenters. The largest absolute Gasteiger partial charge is 0.440 e. The minimum absolute atomic E-state index is 0.125. The number of aromatic nitrogens is 1. The monoisotopic (exact) mass is 300 g/mol. The number of nitrogens with one attached hydrogen (secondary N) is 2. The van der Waals surface area contributed by atoms with E-state index in [-0.39, 0.29) is 17.9 Å². The van der Waals surface area contributed by atoms with Gasteiger partial charge in [-0.05, 0) is 12.1 Å².